The van der Waals surface area contributed by atoms with Gasteiger partial charge in [-0.05, 0) is 42.5 Å². The van der Waals surface area contributed by atoms with E-state index in [1.807, 2.05) is 6.07 Å². The summed E-state index contributed by atoms with van der Waals surface area (Å²) in [7, 11) is 0. The standard InChI is InChI=1S/C13H11N3O/c14-8-9-1-4-11(5-2-9)17-13-6-3-10(15)7-12(13)16/h1-7H,15-16H2. The lowest BCUT2D eigenvalue weighted by molar-refractivity contribution is 0.485. The van der Waals surface area contributed by atoms with Crippen LogP contribution in [0.1, 0.15) is 5.56 Å². The molecule has 4 N–H and O–H groups in total. The van der Waals surface area contributed by atoms with Crippen LogP contribution in [0.25, 0.3) is 0 Å². The Balaban J connectivity index is 2.23. The summed E-state index contributed by atoms with van der Waals surface area (Å²) >= 11 is 0. The third-order valence-corrected chi connectivity index (χ3v) is 2.25. The number of nitrogens with zero attached hydrogens (tertiary/aromatic N) is 1. The van der Waals surface area contributed by atoms with Crippen molar-refractivity contribution in [2.75, 3.05) is 11.5 Å². The first-order valence-electron chi connectivity index (χ1n) is 5.02. The summed E-state index contributed by atoms with van der Waals surface area (Å²) < 4.78 is 5.57. The highest BCUT2D eigenvalue weighted by Crippen LogP contribution is 2.28. The number of ether oxygens (including phenoxy) is 1. The Morgan fingerprint density at radius 1 is 1.00 bits per heavy atom. The van der Waals surface area contributed by atoms with Gasteiger partial charge in [0.25, 0.3) is 0 Å². The summed E-state index contributed by atoms with van der Waals surface area (Å²) in [6, 6.07) is 13.9. The molecule has 0 saturated heterocycles. The maximum Gasteiger partial charge on any atom is 0.150 e. The number of nitrogen functional groups attached to an aromatic ring is 2. The van der Waals surface area contributed by atoms with E-state index in [4.69, 9.17) is 21.5 Å². The minimum Gasteiger partial charge on any atom is -0.455 e. The molecule has 0 bridgehead atoms. The molecular weight excluding hydrogens is 214 g/mol. The van der Waals surface area contributed by atoms with E-state index in [9.17, 15) is 0 Å². The SMILES string of the molecule is N#Cc1ccc(Oc2ccc(N)cc2N)cc1. The van der Waals surface area contributed by atoms with Crippen molar-refractivity contribution in [1.29, 1.82) is 5.26 Å². The van der Waals surface area contributed by atoms with Crippen LogP contribution in [-0.4, -0.2) is 0 Å². The Kier molecular flexibility index (Phi) is 2.84. The van der Waals surface area contributed by atoms with E-state index in [0.717, 1.165) is 0 Å². The molecule has 0 atom stereocenters. The second kappa shape index (κ2) is 4.45. The van der Waals surface area contributed by atoms with Crippen molar-refractivity contribution < 1.29 is 4.74 Å². The number of anilines is 2. The number of hydrogen-bond acceptors (Lipinski definition) is 4. The average Bonchev–Trinajstić information content (AvgIpc) is 2.34. The Hall–Kier alpha value is -2.67. The monoisotopic (exact) mass is 225 g/mol. The maximum absolute atomic E-state index is 8.67. The van der Waals surface area contributed by atoms with Crippen LogP contribution in [0.15, 0.2) is 42.5 Å². The fourth-order valence-corrected chi connectivity index (χ4v) is 1.38. The first kappa shape index (κ1) is 10.8. The van der Waals surface area contributed by atoms with Gasteiger partial charge in [-0.2, -0.15) is 5.26 Å². The van der Waals surface area contributed by atoms with Gasteiger partial charge in [-0.25, -0.2) is 0 Å². The number of nitrogens with two attached hydrogens (primary N) is 2. The van der Waals surface area contributed by atoms with E-state index in [1.54, 1.807) is 42.5 Å². The first-order chi connectivity index (χ1) is 8.19. The van der Waals surface area contributed by atoms with Gasteiger partial charge in [0, 0.05) is 5.69 Å². The van der Waals surface area contributed by atoms with Crippen LogP contribution in [0.2, 0.25) is 0 Å². The summed E-state index contributed by atoms with van der Waals surface area (Å²) in [6.07, 6.45) is 0. The minimum absolute atomic E-state index is 0.481. The smallest absolute Gasteiger partial charge is 0.150 e. The molecule has 0 aliphatic carbocycles. The fraction of sp³-hybridized carbons (Fsp3) is 0. The van der Waals surface area contributed by atoms with E-state index in [-0.39, 0.29) is 0 Å². The largest absolute Gasteiger partial charge is 0.455 e. The van der Waals surface area contributed by atoms with Crippen LogP contribution < -0.4 is 16.2 Å². The van der Waals surface area contributed by atoms with Gasteiger partial charge < -0.3 is 16.2 Å². The van der Waals surface area contributed by atoms with Gasteiger partial charge in [0.15, 0.2) is 0 Å². The minimum atomic E-state index is 0.481. The van der Waals surface area contributed by atoms with Gasteiger partial charge >= 0.3 is 0 Å². The molecule has 0 aliphatic heterocycles. The number of nitriles is 1. The summed E-state index contributed by atoms with van der Waals surface area (Å²) in [5.41, 5.74) is 13.0. The van der Waals surface area contributed by atoms with E-state index in [2.05, 4.69) is 0 Å². The molecular formula is C13H11N3O. The Labute approximate surface area is 99.0 Å². The molecule has 0 saturated carbocycles. The van der Waals surface area contributed by atoms with Crippen LogP contribution in [0.5, 0.6) is 11.5 Å². The lowest BCUT2D eigenvalue weighted by atomic mass is 10.2. The van der Waals surface area contributed by atoms with Crippen molar-refractivity contribution in [1.82, 2.24) is 0 Å². The van der Waals surface area contributed by atoms with E-state index in [0.29, 0.717) is 28.4 Å². The third-order valence-electron chi connectivity index (χ3n) is 2.25. The molecule has 84 valence electrons. The molecule has 4 nitrogen and oxygen atoms in total. The molecule has 0 aromatic heterocycles. The molecule has 0 fully saturated rings. The molecule has 2 rings (SSSR count). The summed E-state index contributed by atoms with van der Waals surface area (Å²) in [5.74, 6) is 1.17. The first-order valence-corrected chi connectivity index (χ1v) is 5.02. The van der Waals surface area contributed by atoms with Crippen molar-refractivity contribution in [3.05, 3.63) is 48.0 Å². The highest BCUT2D eigenvalue weighted by molar-refractivity contribution is 5.61. The zero-order chi connectivity index (χ0) is 12.3. The lowest BCUT2D eigenvalue weighted by Gasteiger charge is -2.08. The number of rotatable bonds is 2. The van der Waals surface area contributed by atoms with Gasteiger partial charge in [0.05, 0.1) is 17.3 Å². The number of hydrogen-bond donors (Lipinski definition) is 2. The fourth-order valence-electron chi connectivity index (χ4n) is 1.38. The van der Waals surface area contributed by atoms with Crippen molar-refractivity contribution in [2.24, 2.45) is 0 Å². The zero-order valence-corrected chi connectivity index (χ0v) is 9.05. The second-order valence-corrected chi connectivity index (χ2v) is 3.54. The van der Waals surface area contributed by atoms with E-state index in [1.165, 1.54) is 0 Å². The highest BCUT2D eigenvalue weighted by atomic mass is 16.5. The van der Waals surface area contributed by atoms with Crippen LogP contribution in [0, 0.1) is 11.3 Å². The van der Waals surface area contributed by atoms with E-state index < -0.39 is 0 Å². The normalized spacial score (nSPS) is 9.59. The van der Waals surface area contributed by atoms with Crippen molar-refractivity contribution in [2.45, 2.75) is 0 Å². The van der Waals surface area contributed by atoms with Gasteiger partial charge in [-0.1, -0.05) is 0 Å². The van der Waals surface area contributed by atoms with Gasteiger partial charge in [0.2, 0.25) is 0 Å². The second-order valence-electron chi connectivity index (χ2n) is 3.54. The maximum atomic E-state index is 8.67. The zero-order valence-electron chi connectivity index (χ0n) is 9.05. The summed E-state index contributed by atoms with van der Waals surface area (Å²) in [4.78, 5) is 0. The van der Waals surface area contributed by atoms with Crippen molar-refractivity contribution in [3.8, 4) is 17.6 Å². The van der Waals surface area contributed by atoms with Crippen LogP contribution in [-0.2, 0) is 0 Å². The predicted molar refractivity (Wildman–Crippen MR) is 66.5 cm³/mol. The molecule has 4 heteroatoms. The Morgan fingerprint density at radius 2 is 1.71 bits per heavy atom. The summed E-state index contributed by atoms with van der Waals surface area (Å²) in [6.45, 7) is 0. The lowest BCUT2D eigenvalue weighted by Crippen LogP contribution is -1.94. The van der Waals surface area contributed by atoms with Crippen molar-refractivity contribution in [3.63, 3.8) is 0 Å². The molecule has 0 radical (unpaired) electrons. The van der Waals surface area contributed by atoms with Crippen LogP contribution in [0.4, 0.5) is 11.4 Å². The Bertz CT molecular complexity index is 570. The van der Waals surface area contributed by atoms with Crippen LogP contribution in [0.3, 0.4) is 0 Å². The average molecular weight is 225 g/mol. The molecule has 0 heterocycles. The Morgan fingerprint density at radius 3 is 2.29 bits per heavy atom. The van der Waals surface area contributed by atoms with Gasteiger partial charge in [-0.3, -0.25) is 0 Å². The highest BCUT2D eigenvalue weighted by Gasteiger charge is 2.02. The molecule has 0 spiro atoms. The van der Waals surface area contributed by atoms with Crippen LogP contribution >= 0.6 is 0 Å². The predicted octanol–water partition coefficient (Wildman–Crippen LogP) is 2.51. The quantitative estimate of drug-likeness (QED) is 0.769. The molecule has 17 heavy (non-hydrogen) atoms. The molecule has 0 amide bonds. The molecule has 0 unspecified atom stereocenters. The topological polar surface area (TPSA) is 85.1 Å². The molecule has 0 aliphatic rings. The van der Waals surface area contributed by atoms with Gasteiger partial charge in [-0.15, -0.1) is 0 Å². The number of benzene rings is 2. The summed E-state index contributed by atoms with van der Waals surface area (Å²) in [5, 5.41) is 8.67. The van der Waals surface area contributed by atoms with Gasteiger partial charge in [0.1, 0.15) is 11.5 Å². The van der Waals surface area contributed by atoms with Crippen molar-refractivity contribution >= 4 is 11.4 Å². The molecule has 2 aromatic rings. The third kappa shape index (κ3) is 2.47. The van der Waals surface area contributed by atoms with E-state index >= 15 is 0 Å². The molecule has 2 aromatic carbocycles.